The van der Waals surface area contributed by atoms with Crippen molar-refractivity contribution in [1.82, 2.24) is 9.13 Å². The van der Waals surface area contributed by atoms with Gasteiger partial charge in [0.2, 0.25) is 0 Å². The Morgan fingerprint density at radius 1 is 1.22 bits per heavy atom. The summed E-state index contributed by atoms with van der Waals surface area (Å²) in [6.45, 7) is 0. The van der Waals surface area contributed by atoms with E-state index in [-0.39, 0.29) is 16.3 Å². The Labute approximate surface area is 99.1 Å². The summed E-state index contributed by atoms with van der Waals surface area (Å²) < 4.78 is 1.86. The van der Waals surface area contributed by atoms with Gasteiger partial charge in [0.25, 0.3) is 11.5 Å². The van der Waals surface area contributed by atoms with Crippen LogP contribution in [0.1, 0.15) is 6.42 Å². The van der Waals surface area contributed by atoms with Crippen LogP contribution in [0.15, 0.2) is 14.6 Å². The van der Waals surface area contributed by atoms with Crippen molar-refractivity contribution in [1.29, 1.82) is 0 Å². The van der Waals surface area contributed by atoms with Gasteiger partial charge >= 0.3 is 11.7 Å². The quantitative estimate of drug-likeness (QED) is 0.597. The highest BCUT2D eigenvalue weighted by Crippen LogP contribution is 2.03. The number of hydrogen-bond donors (Lipinski definition) is 1. The molecule has 0 atom stereocenters. The van der Waals surface area contributed by atoms with Crippen LogP contribution in [-0.2, 0) is 23.7 Å². The van der Waals surface area contributed by atoms with Crippen molar-refractivity contribution in [3.8, 4) is 0 Å². The summed E-state index contributed by atoms with van der Waals surface area (Å²) in [7, 11) is 2.62. The maximum Gasteiger partial charge on any atom is 0.332 e. The molecule has 0 aromatic carbocycles. The zero-order valence-electron chi connectivity index (χ0n) is 9.63. The molecule has 0 saturated carbocycles. The van der Waals surface area contributed by atoms with Gasteiger partial charge in [0.15, 0.2) is 5.49 Å². The van der Waals surface area contributed by atoms with Gasteiger partial charge < -0.3 is 5.11 Å². The lowest BCUT2D eigenvalue weighted by Gasteiger charge is -2.00. The lowest BCUT2D eigenvalue weighted by molar-refractivity contribution is -0.136. The van der Waals surface area contributed by atoms with E-state index in [0.29, 0.717) is 0 Å². The topological polar surface area (TPSA) is 111 Å². The number of carbonyl (C=O) groups is 2. The molecule has 8 heteroatoms. The van der Waals surface area contributed by atoms with Crippen LogP contribution >= 0.6 is 0 Å². The van der Waals surface area contributed by atoms with Crippen LogP contribution in [-0.4, -0.2) is 26.1 Å². The summed E-state index contributed by atoms with van der Waals surface area (Å²) in [6, 6.07) is 0. The van der Waals surface area contributed by atoms with E-state index in [2.05, 4.69) is 4.99 Å². The van der Waals surface area contributed by atoms with Crippen LogP contribution in [0.5, 0.6) is 0 Å². The average Bonchev–Trinajstić information content (AvgIpc) is 2.61. The SMILES string of the molecule is Cn1c(=O)c2c(n(C)c1=O)=NC(=O)C=2CC(=O)O. The molecule has 0 spiro atoms. The molecule has 0 unspecified atom stereocenters. The van der Waals surface area contributed by atoms with Crippen molar-refractivity contribution >= 4 is 17.4 Å². The van der Waals surface area contributed by atoms with Gasteiger partial charge in [0.05, 0.1) is 11.6 Å². The molecule has 18 heavy (non-hydrogen) atoms. The number of aromatic nitrogens is 2. The number of aliphatic carboxylic acids is 1. The van der Waals surface area contributed by atoms with Gasteiger partial charge in [-0.05, 0) is 0 Å². The highest BCUT2D eigenvalue weighted by atomic mass is 16.4. The van der Waals surface area contributed by atoms with Crippen molar-refractivity contribution in [2.24, 2.45) is 19.1 Å². The van der Waals surface area contributed by atoms with E-state index in [1.54, 1.807) is 0 Å². The minimum absolute atomic E-state index is 0.0793. The Kier molecular flexibility index (Phi) is 2.50. The molecule has 0 fully saturated rings. The number of carbonyl (C=O) groups excluding carboxylic acids is 1. The number of fused-ring (bicyclic) bond motifs is 1. The third kappa shape index (κ3) is 1.50. The first-order valence-electron chi connectivity index (χ1n) is 4.98. The minimum atomic E-state index is -1.24. The Bertz CT molecular complexity index is 812. The monoisotopic (exact) mass is 251 g/mol. The zero-order valence-corrected chi connectivity index (χ0v) is 9.63. The molecule has 8 nitrogen and oxygen atoms in total. The van der Waals surface area contributed by atoms with E-state index < -0.39 is 29.5 Å². The van der Waals surface area contributed by atoms with Crippen molar-refractivity contribution in [2.75, 3.05) is 0 Å². The summed E-state index contributed by atoms with van der Waals surface area (Å²) >= 11 is 0. The summed E-state index contributed by atoms with van der Waals surface area (Å²) in [6.07, 6.45) is -0.594. The van der Waals surface area contributed by atoms with Gasteiger partial charge in [-0.15, -0.1) is 0 Å². The first-order valence-corrected chi connectivity index (χ1v) is 4.98. The van der Waals surface area contributed by atoms with Crippen LogP contribution in [0.2, 0.25) is 0 Å². The molecule has 1 aromatic heterocycles. The Morgan fingerprint density at radius 3 is 2.39 bits per heavy atom. The molecule has 0 radical (unpaired) electrons. The highest BCUT2D eigenvalue weighted by molar-refractivity contribution is 6.18. The van der Waals surface area contributed by atoms with E-state index in [0.717, 1.165) is 9.13 Å². The molecule has 1 aliphatic heterocycles. The molecule has 1 N–H and O–H groups in total. The van der Waals surface area contributed by atoms with E-state index >= 15 is 0 Å². The van der Waals surface area contributed by atoms with Gasteiger partial charge in [0, 0.05) is 19.7 Å². The molecule has 0 saturated heterocycles. The summed E-state index contributed by atoms with van der Waals surface area (Å²) in [5.41, 5.74) is -1.59. The number of hydrogen-bond acceptors (Lipinski definition) is 4. The molecule has 1 aliphatic rings. The van der Waals surface area contributed by atoms with Gasteiger partial charge in [0.1, 0.15) is 0 Å². The zero-order chi connectivity index (χ0) is 13.6. The maximum absolute atomic E-state index is 11.9. The van der Waals surface area contributed by atoms with Crippen LogP contribution in [0.25, 0.3) is 5.57 Å². The van der Waals surface area contributed by atoms with Gasteiger partial charge in [-0.2, -0.15) is 4.99 Å². The highest BCUT2D eigenvalue weighted by Gasteiger charge is 2.23. The fourth-order valence-corrected chi connectivity index (χ4v) is 1.81. The van der Waals surface area contributed by atoms with Crippen molar-refractivity contribution < 1.29 is 14.7 Å². The second-order valence-electron chi connectivity index (χ2n) is 3.87. The Balaban J connectivity index is 3.05. The number of rotatable bonds is 2. The van der Waals surface area contributed by atoms with Gasteiger partial charge in [-0.25, -0.2) is 4.79 Å². The second kappa shape index (κ2) is 3.76. The van der Waals surface area contributed by atoms with Crippen LogP contribution in [0.4, 0.5) is 0 Å². The average molecular weight is 251 g/mol. The minimum Gasteiger partial charge on any atom is -0.481 e. The number of amides is 1. The first kappa shape index (κ1) is 12.0. The standard InChI is InChI=1S/C10H9N3O5/c1-12-7-6(9(17)13(2)10(12)18)4(3-5(14)15)8(16)11-7/h3H2,1-2H3,(H,14,15). The van der Waals surface area contributed by atoms with Gasteiger partial charge in [-0.1, -0.05) is 0 Å². The third-order valence-corrected chi connectivity index (χ3v) is 2.73. The smallest absolute Gasteiger partial charge is 0.332 e. The maximum atomic E-state index is 11.9. The van der Waals surface area contributed by atoms with Crippen molar-refractivity contribution in [2.45, 2.75) is 6.42 Å². The van der Waals surface area contributed by atoms with Gasteiger partial charge in [-0.3, -0.25) is 23.5 Å². The van der Waals surface area contributed by atoms with E-state index in [1.807, 2.05) is 0 Å². The summed E-state index contributed by atoms with van der Waals surface area (Å²) in [5.74, 6) is -2.02. The Hall–Kier alpha value is -2.51. The number of nitrogens with zero attached hydrogens (tertiary/aromatic N) is 3. The van der Waals surface area contributed by atoms with E-state index in [9.17, 15) is 19.2 Å². The predicted molar refractivity (Wildman–Crippen MR) is 58.4 cm³/mol. The molecule has 0 bridgehead atoms. The molecule has 2 rings (SSSR count). The molecular formula is C10H9N3O5. The summed E-state index contributed by atoms with van der Waals surface area (Å²) in [4.78, 5) is 49.3. The Morgan fingerprint density at radius 2 is 1.83 bits per heavy atom. The molecule has 1 aromatic rings. The van der Waals surface area contributed by atoms with Crippen LogP contribution < -0.4 is 22.0 Å². The molecule has 2 heterocycles. The van der Waals surface area contributed by atoms with Crippen molar-refractivity contribution in [3.63, 3.8) is 0 Å². The van der Waals surface area contributed by atoms with Crippen LogP contribution in [0.3, 0.4) is 0 Å². The molecule has 0 aliphatic carbocycles. The molecule has 94 valence electrons. The second-order valence-corrected chi connectivity index (χ2v) is 3.87. The van der Waals surface area contributed by atoms with E-state index in [4.69, 9.17) is 5.11 Å². The predicted octanol–water partition coefficient (Wildman–Crippen LogP) is -3.13. The third-order valence-electron chi connectivity index (χ3n) is 2.73. The number of carboxylic acids is 1. The van der Waals surface area contributed by atoms with Crippen molar-refractivity contribution in [3.05, 3.63) is 31.5 Å². The largest absolute Gasteiger partial charge is 0.481 e. The van der Waals surface area contributed by atoms with E-state index in [1.165, 1.54) is 14.1 Å². The lowest BCUT2D eigenvalue weighted by Crippen LogP contribution is -2.56. The lowest BCUT2D eigenvalue weighted by atomic mass is 10.1. The van der Waals surface area contributed by atoms with Crippen LogP contribution in [0, 0.1) is 0 Å². The first-order chi connectivity index (χ1) is 8.34. The molecular weight excluding hydrogens is 242 g/mol. The normalized spacial score (nSPS) is 13.4. The number of carboxylic acid groups (broad SMARTS) is 1. The fourth-order valence-electron chi connectivity index (χ4n) is 1.81. The fraction of sp³-hybridized carbons (Fsp3) is 0.300. The molecule has 1 amide bonds. The summed E-state index contributed by atoms with van der Waals surface area (Å²) in [5, 5.41) is 8.60.